The highest BCUT2D eigenvalue weighted by atomic mass is 16.3. The van der Waals surface area contributed by atoms with Crippen molar-refractivity contribution in [2.45, 2.75) is 12.8 Å². The third-order valence-electron chi connectivity index (χ3n) is 3.80. The third kappa shape index (κ3) is 3.80. The number of aliphatic hydroxyl groups excluding tert-OH is 2. The second-order valence-corrected chi connectivity index (χ2v) is 5.59. The zero-order valence-corrected chi connectivity index (χ0v) is 13.5. The highest BCUT2D eigenvalue weighted by Gasteiger charge is 2.28. The third-order valence-corrected chi connectivity index (χ3v) is 3.80. The molecular formula is C18H19N5O2. The lowest BCUT2D eigenvalue weighted by molar-refractivity contribution is 0.186. The predicted molar refractivity (Wildman–Crippen MR) is 96.9 cm³/mol. The molecule has 1 heterocycles. The number of hydrogen-bond donors (Lipinski definition) is 4. The Morgan fingerprint density at radius 2 is 1.80 bits per heavy atom. The second-order valence-electron chi connectivity index (χ2n) is 5.59. The van der Waals surface area contributed by atoms with Gasteiger partial charge in [0.05, 0.1) is 18.8 Å². The molecule has 7 nitrogen and oxygen atoms in total. The van der Waals surface area contributed by atoms with Crippen LogP contribution in [-0.2, 0) is 6.54 Å². The van der Waals surface area contributed by atoms with Crippen LogP contribution in [0.1, 0.15) is 17.4 Å². The van der Waals surface area contributed by atoms with Crippen LogP contribution < -0.4 is 5.73 Å². The first kappa shape index (κ1) is 17.0. The van der Waals surface area contributed by atoms with Crippen LogP contribution >= 0.6 is 0 Å². The number of nitrogens with one attached hydrogen (secondary N) is 1. The van der Waals surface area contributed by atoms with E-state index in [4.69, 9.17) is 11.1 Å². The van der Waals surface area contributed by atoms with Gasteiger partial charge in [-0.2, -0.15) is 5.10 Å². The van der Waals surface area contributed by atoms with Crippen molar-refractivity contribution in [1.82, 2.24) is 5.01 Å². The molecule has 2 aromatic carbocycles. The van der Waals surface area contributed by atoms with Gasteiger partial charge in [0.15, 0.2) is 5.84 Å². The Morgan fingerprint density at radius 1 is 1.12 bits per heavy atom. The number of amidine groups is 1. The fraction of sp³-hybridized carbons (Fsp3) is 0.167. The van der Waals surface area contributed by atoms with Crippen LogP contribution in [0.5, 0.6) is 0 Å². The largest absolute Gasteiger partial charge is 0.390 e. The number of aliphatic hydroxyl groups is 2. The molecule has 3 rings (SSSR count). The van der Waals surface area contributed by atoms with E-state index in [1.807, 2.05) is 30.3 Å². The van der Waals surface area contributed by atoms with Crippen LogP contribution in [-0.4, -0.2) is 39.1 Å². The Kier molecular flexibility index (Phi) is 4.99. The Bertz CT molecular complexity index is 813. The molecule has 0 saturated heterocycles. The van der Waals surface area contributed by atoms with Gasteiger partial charge in [0, 0.05) is 0 Å². The van der Waals surface area contributed by atoms with E-state index in [0.29, 0.717) is 29.2 Å². The number of benzene rings is 2. The van der Waals surface area contributed by atoms with Crippen molar-refractivity contribution < 1.29 is 10.2 Å². The first-order chi connectivity index (χ1) is 12.1. The zero-order valence-electron chi connectivity index (χ0n) is 13.5. The van der Waals surface area contributed by atoms with Crippen LogP contribution in [0, 0.1) is 5.41 Å². The van der Waals surface area contributed by atoms with E-state index in [2.05, 4.69) is 10.1 Å². The Labute approximate surface area is 145 Å². The molecular weight excluding hydrogens is 318 g/mol. The molecule has 0 fully saturated rings. The molecule has 0 saturated carbocycles. The monoisotopic (exact) mass is 337 g/mol. The minimum absolute atomic E-state index is 0.135. The lowest BCUT2D eigenvalue weighted by Gasteiger charge is -2.13. The van der Waals surface area contributed by atoms with Gasteiger partial charge >= 0.3 is 0 Å². The van der Waals surface area contributed by atoms with Crippen molar-refractivity contribution in [2.24, 2.45) is 15.8 Å². The summed E-state index contributed by atoms with van der Waals surface area (Å²) in [5.74, 6) is 0.135. The molecule has 0 amide bonds. The van der Waals surface area contributed by atoms with Crippen molar-refractivity contribution in [3.8, 4) is 0 Å². The molecule has 0 spiro atoms. The maximum Gasteiger partial charge on any atom is 0.170 e. The van der Waals surface area contributed by atoms with E-state index >= 15 is 0 Å². The van der Waals surface area contributed by atoms with Gasteiger partial charge in [-0.25, -0.2) is 10.0 Å². The fourth-order valence-electron chi connectivity index (χ4n) is 2.47. The summed E-state index contributed by atoms with van der Waals surface area (Å²) >= 11 is 0. The maximum atomic E-state index is 9.55. The quantitative estimate of drug-likeness (QED) is 0.619. The normalized spacial score (nSPS) is 17.1. The molecule has 2 aromatic rings. The zero-order chi connectivity index (χ0) is 17.8. The van der Waals surface area contributed by atoms with Gasteiger partial charge < -0.3 is 15.9 Å². The number of rotatable bonds is 5. The molecule has 1 aliphatic heterocycles. The van der Waals surface area contributed by atoms with E-state index in [-0.39, 0.29) is 12.4 Å². The summed E-state index contributed by atoms with van der Waals surface area (Å²) in [6.45, 7) is 0.132. The van der Waals surface area contributed by atoms with E-state index in [0.717, 1.165) is 5.56 Å². The van der Waals surface area contributed by atoms with Gasteiger partial charge in [0.25, 0.3) is 0 Å². The number of aliphatic imine (C=N–C) groups is 1. The molecule has 7 heteroatoms. The number of hydrogen-bond acceptors (Lipinski definition) is 6. The molecule has 1 aliphatic rings. The standard InChI is InChI=1S/C18H19N5O2/c19-17-16(21-14-8-6-13(7-9-14)18(20)25)15(11-24)22-23(17)10-12-4-2-1-3-5-12/h1-9,18-19,24-25H,10-11,20H2. The Balaban J connectivity index is 1.83. The number of hydrazone groups is 1. The molecule has 128 valence electrons. The molecule has 25 heavy (non-hydrogen) atoms. The summed E-state index contributed by atoms with van der Waals surface area (Å²) in [5, 5.41) is 33.0. The molecule has 0 aromatic heterocycles. The van der Waals surface area contributed by atoms with E-state index in [1.54, 1.807) is 24.3 Å². The summed E-state index contributed by atoms with van der Waals surface area (Å²) in [4.78, 5) is 4.42. The average molecular weight is 337 g/mol. The second kappa shape index (κ2) is 7.35. The van der Waals surface area contributed by atoms with E-state index in [1.165, 1.54) is 5.01 Å². The SMILES string of the molecule is N=C1C(=Nc2ccc(C(N)O)cc2)C(CO)=NN1Cc1ccccc1. The number of nitrogens with zero attached hydrogens (tertiary/aromatic N) is 3. The van der Waals surface area contributed by atoms with E-state index in [9.17, 15) is 10.2 Å². The smallest absolute Gasteiger partial charge is 0.170 e. The first-order valence-electron chi connectivity index (χ1n) is 7.80. The van der Waals surface area contributed by atoms with E-state index < -0.39 is 6.23 Å². The van der Waals surface area contributed by atoms with Crippen LogP contribution in [0.3, 0.4) is 0 Å². The van der Waals surface area contributed by atoms with Gasteiger partial charge in [-0.3, -0.25) is 5.41 Å². The molecule has 0 bridgehead atoms. The topological polar surface area (TPSA) is 118 Å². The van der Waals surface area contributed by atoms with Gasteiger partial charge in [0.1, 0.15) is 17.7 Å². The average Bonchev–Trinajstić information content (AvgIpc) is 2.92. The summed E-state index contributed by atoms with van der Waals surface area (Å²) in [6, 6.07) is 16.4. The molecule has 5 N–H and O–H groups in total. The van der Waals surface area contributed by atoms with Crippen molar-refractivity contribution in [3.63, 3.8) is 0 Å². The summed E-state index contributed by atoms with van der Waals surface area (Å²) in [6.07, 6.45) is -1.04. The summed E-state index contributed by atoms with van der Waals surface area (Å²) in [5.41, 5.74) is 8.27. The van der Waals surface area contributed by atoms with Crippen LogP contribution in [0.4, 0.5) is 5.69 Å². The highest BCUT2D eigenvalue weighted by Crippen LogP contribution is 2.19. The summed E-state index contributed by atoms with van der Waals surface area (Å²) in [7, 11) is 0. The van der Waals surface area contributed by atoms with Gasteiger partial charge in [0.2, 0.25) is 0 Å². The fourth-order valence-corrected chi connectivity index (χ4v) is 2.47. The van der Waals surface area contributed by atoms with Gasteiger partial charge in [-0.1, -0.05) is 42.5 Å². The van der Waals surface area contributed by atoms with Crippen molar-refractivity contribution in [1.29, 1.82) is 5.41 Å². The van der Waals surface area contributed by atoms with Crippen LogP contribution in [0.25, 0.3) is 0 Å². The van der Waals surface area contributed by atoms with Crippen LogP contribution in [0.15, 0.2) is 64.7 Å². The van der Waals surface area contributed by atoms with Crippen molar-refractivity contribution in [2.75, 3.05) is 6.61 Å². The lowest BCUT2D eigenvalue weighted by Crippen LogP contribution is -2.27. The highest BCUT2D eigenvalue weighted by molar-refractivity contribution is 6.70. The molecule has 0 aliphatic carbocycles. The van der Waals surface area contributed by atoms with Gasteiger partial charge in [-0.15, -0.1) is 0 Å². The minimum Gasteiger partial charge on any atom is -0.390 e. The lowest BCUT2D eigenvalue weighted by atomic mass is 10.1. The van der Waals surface area contributed by atoms with Crippen molar-refractivity contribution >= 4 is 22.9 Å². The Hall–Kier alpha value is -2.87. The van der Waals surface area contributed by atoms with Crippen LogP contribution in [0.2, 0.25) is 0 Å². The summed E-state index contributed by atoms with van der Waals surface area (Å²) < 4.78 is 0. The minimum atomic E-state index is -1.04. The molecule has 1 atom stereocenters. The number of nitrogens with two attached hydrogens (primary N) is 1. The first-order valence-corrected chi connectivity index (χ1v) is 7.80. The van der Waals surface area contributed by atoms with Crippen molar-refractivity contribution in [3.05, 3.63) is 65.7 Å². The molecule has 1 unspecified atom stereocenters. The maximum absolute atomic E-state index is 9.55. The molecule has 0 radical (unpaired) electrons. The van der Waals surface area contributed by atoms with Gasteiger partial charge in [-0.05, 0) is 23.3 Å². The predicted octanol–water partition coefficient (Wildman–Crippen LogP) is 1.55. The Morgan fingerprint density at radius 3 is 2.40 bits per heavy atom.